The molecule has 0 spiro atoms. The van der Waals surface area contributed by atoms with Gasteiger partial charge in [-0.15, -0.1) is 0 Å². The third kappa shape index (κ3) is 3.17. The van der Waals surface area contributed by atoms with Crippen molar-refractivity contribution in [1.82, 2.24) is 5.43 Å². The maximum atomic E-state index is 12.1. The number of aromatic hydroxyl groups is 1. The molecule has 0 radical (unpaired) electrons. The van der Waals surface area contributed by atoms with Gasteiger partial charge in [-0.2, -0.15) is 5.10 Å². The second-order valence-corrected chi connectivity index (χ2v) is 5.17. The van der Waals surface area contributed by atoms with Crippen molar-refractivity contribution in [3.8, 4) is 5.75 Å². The van der Waals surface area contributed by atoms with Crippen LogP contribution in [-0.2, 0) is 0 Å². The second kappa shape index (κ2) is 6.37. The minimum absolute atomic E-state index is 0.0129. The number of carbonyl (C=O) groups excluding carboxylic acids is 1. The van der Waals surface area contributed by atoms with Gasteiger partial charge >= 0.3 is 5.63 Å². The van der Waals surface area contributed by atoms with E-state index in [9.17, 15) is 14.7 Å². The van der Waals surface area contributed by atoms with Crippen molar-refractivity contribution in [1.29, 1.82) is 0 Å². The Balaban J connectivity index is 1.89. The molecule has 0 aliphatic rings. The largest absolute Gasteiger partial charge is 0.508 e. The molecule has 0 saturated heterocycles. The van der Waals surface area contributed by atoms with E-state index in [-0.39, 0.29) is 22.8 Å². The van der Waals surface area contributed by atoms with E-state index < -0.39 is 5.63 Å². The molecule has 6 nitrogen and oxygen atoms in total. The van der Waals surface area contributed by atoms with Crippen LogP contribution in [0.3, 0.4) is 0 Å². The number of hydrazone groups is 1. The van der Waals surface area contributed by atoms with E-state index in [0.29, 0.717) is 16.7 Å². The average Bonchev–Trinajstić information content (AvgIpc) is 2.59. The van der Waals surface area contributed by atoms with Gasteiger partial charge in [0.15, 0.2) is 0 Å². The second-order valence-electron chi connectivity index (χ2n) is 5.17. The zero-order chi connectivity index (χ0) is 17.1. The van der Waals surface area contributed by atoms with Gasteiger partial charge in [0.1, 0.15) is 11.3 Å². The van der Waals surface area contributed by atoms with E-state index in [1.165, 1.54) is 12.1 Å². The molecule has 0 fully saturated rings. The summed E-state index contributed by atoms with van der Waals surface area (Å²) in [5, 5.41) is 14.0. The Morgan fingerprint density at radius 3 is 2.62 bits per heavy atom. The molecule has 120 valence electrons. The number of hydrogen-bond acceptors (Lipinski definition) is 5. The molecule has 0 unspecified atom stereocenters. The number of phenols is 1. The first-order chi connectivity index (χ1) is 11.5. The van der Waals surface area contributed by atoms with Gasteiger partial charge in [-0.1, -0.05) is 18.2 Å². The fraction of sp³-hybridized carbons (Fsp3) is 0.0556. The smallest absolute Gasteiger partial charge is 0.345 e. The fourth-order valence-electron chi connectivity index (χ4n) is 2.20. The molecule has 0 aliphatic heterocycles. The lowest BCUT2D eigenvalue weighted by molar-refractivity contribution is 0.0955. The quantitative estimate of drug-likeness (QED) is 0.440. The molecule has 24 heavy (non-hydrogen) atoms. The molecule has 1 aromatic heterocycles. The van der Waals surface area contributed by atoms with Crippen LogP contribution in [0.2, 0.25) is 0 Å². The van der Waals surface area contributed by atoms with Crippen molar-refractivity contribution in [2.75, 3.05) is 0 Å². The Morgan fingerprint density at radius 2 is 1.88 bits per heavy atom. The lowest BCUT2D eigenvalue weighted by atomic mass is 10.1. The number of amides is 1. The van der Waals surface area contributed by atoms with Gasteiger partial charge in [-0.3, -0.25) is 4.79 Å². The van der Waals surface area contributed by atoms with E-state index in [0.717, 1.165) is 0 Å². The molecule has 2 N–H and O–H groups in total. The molecule has 3 aromatic rings. The summed E-state index contributed by atoms with van der Waals surface area (Å²) in [5.41, 5.74) is 3.13. The standard InChI is InChI=1S/C18H14N2O4/c1-11(19-20-17(22)12-5-3-2-4-6-12)15-9-13-7-8-14(21)10-16(13)24-18(15)23/h2-10,21H,1H3,(H,20,22)/b19-11-. The van der Waals surface area contributed by atoms with Crippen molar-refractivity contribution in [2.24, 2.45) is 5.10 Å². The first-order valence-electron chi connectivity index (χ1n) is 7.21. The zero-order valence-corrected chi connectivity index (χ0v) is 12.8. The lowest BCUT2D eigenvalue weighted by Gasteiger charge is -2.04. The van der Waals surface area contributed by atoms with Crippen LogP contribution in [0, 0.1) is 0 Å². The van der Waals surface area contributed by atoms with Crippen molar-refractivity contribution in [3.05, 3.63) is 76.1 Å². The van der Waals surface area contributed by atoms with Crippen molar-refractivity contribution in [2.45, 2.75) is 6.92 Å². The van der Waals surface area contributed by atoms with E-state index >= 15 is 0 Å². The highest BCUT2D eigenvalue weighted by Crippen LogP contribution is 2.19. The Hall–Kier alpha value is -3.41. The molecular formula is C18H14N2O4. The van der Waals surface area contributed by atoms with Gasteiger partial charge in [0.2, 0.25) is 0 Å². The number of hydrogen-bond donors (Lipinski definition) is 2. The molecule has 6 heteroatoms. The molecule has 0 aliphatic carbocycles. The topological polar surface area (TPSA) is 91.9 Å². The highest BCUT2D eigenvalue weighted by molar-refractivity contribution is 6.02. The minimum Gasteiger partial charge on any atom is -0.508 e. The van der Waals surface area contributed by atoms with Crippen LogP contribution in [0.25, 0.3) is 11.0 Å². The van der Waals surface area contributed by atoms with Crippen molar-refractivity contribution < 1.29 is 14.3 Å². The predicted octanol–water partition coefficient (Wildman–Crippen LogP) is 2.65. The number of fused-ring (bicyclic) bond motifs is 1. The average molecular weight is 322 g/mol. The molecule has 0 saturated carbocycles. The van der Waals surface area contributed by atoms with Gasteiger partial charge in [0, 0.05) is 17.0 Å². The summed E-state index contributed by atoms with van der Waals surface area (Å²) < 4.78 is 5.18. The third-order valence-electron chi connectivity index (χ3n) is 3.47. The SMILES string of the molecule is C/C(=N/NC(=O)c1ccccc1)c1cc2ccc(O)cc2oc1=O. The normalized spacial score (nSPS) is 11.5. The summed E-state index contributed by atoms with van der Waals surface area (Å²) >= 11 is 0. The molecule has 0 atom stereocenters. The summed E-state index contributed by atoms with van der Waals surface area (Å²) in [6.45, 7) is 1.60. The first-order valence-corrected chi connectivity index (χ1v) is 7.21. The lowest BCUT2D eigenvalue weighted by Crippen LogP contribution is -2.21. The van der Waals surface area contributed by atoms with Crippen LogP contribution < -0.4 is 11.1 Å². The summed E-state index contributed by atoms with van der Waals surface area (Å²) in [6, 6.07) is 14.7. The summed E-state index contributed by atoms with van der Waals surface area (Å²) in [6.07, 6.45) is 0. The monoisotopic (exact) mass is 322 g/mol. The van der Waals surface area contributed by atoms with E-state index in [1.54, 1.807) is 43.3 Å². The van der Waals surface area contributed by atoms with Crippen LogP contribution in [0.15, 0.2) is 68.9 Å². The molecule has 1 amide bonds. The van der Waals surface area contributed by atoms with Gasteiger partial charge in [0.05, 0.1) is 11.3 Å². The minimum atomic E-state index is -0.594. The van der Waals surface area contributed by atoms with Crippen LogP contribution >= 0.6 is 0 Å². The number of phenolic OH excluding ortho intramolecular Hbond substituents is 1. The molecule has 0 bridgehead atoms. The van der Waals surface area contributed by atoms with Gasteiger partial charge < -0.3 is 9.52 Å². The highest BCUT2D eigenvalue weighted by Gasteiger charge is 2.10. The van der Waals surface area contributed by atoms with Gasteiger partial charge in [-0.25, -0.2) is 10.2 Å². The Labute approximate surface area is 137 Å². The number of nitrogens with zero attached hydrogens (tertiary/aromatic N) is 1. The zero-order valence-electron chi connectivity index (χ0n) is 12.8. The first kappa shape index (κ1) is 15.5. The van der Waals surface area contributed by atoms with Crippen LogP contribution in [0.5, 0.6) is 5.75 Å². The maximum Gasteiger partial charge on any atom is 0.345 e. The number of benzene rings is 2. The Morgan fingerprint density at radius 1 is 1.12 bits per heavy atom. The molecule has 3 rings (SSSR count). The molecular weight excluding hydrogens is 308 g/mol. The fourth-order valence-corrected chi connectivity index (χ4v) is 2.20. The van der Waals surface area contributed by atoms with E-state index in [2.05, 4.69) is 10.5 Å². The summed E-state index contributed by atoms with van der Waals surface area (Å²) in [7, 11) is 0. The van der Waals surface area contributed by atoms with Crippen LogP contribution in [-0.4, -0.2) is 16.7 Å². The number of rotatable bonds is 3. The van der Waals surface area contributed by atoms with E-state index in [1.807, 2.05) is 6.07 Å². The number of nitrogens with one attached hydrogen (secondary N) is 1. The molecule has 2 aromatic carbocycles. The predicted molar refractivity (Wildman–Crippen MR) is 90.3 cm³/mol. The highest BCUT2D eigenvalue weighted by atomic mass is 16.4. The van der Waals surface area contributed by atoms with Crippen molar-refractivity contribution >= 4 is 22.6 Å². The van der Waals surface area contributed by atoms with Crippen LogP contribution in [0.1, 0.15) is 22.8 Å². The van der Waals surface area contributed by atoms with Crippen LogP contribution in [0.4, 0.5) is 0 Å². The maximum absolute atomic E-state index is 12.1. The van der Waals surface area contributed by atoms with Crippen molar-refractivity contribution in [3.63, 3.8) is 0 Å². The van der Waals surface area contributed by atoms with Gasteiger partial charge in [-0.05, 0) is 37.3 Å². The van der Waals surface area contributed by atoms with E-state index in [4.69, 9.17) is 4.42 Å². The Kier molecular flexibility index (Phi) is 4.11. The molecule has 1 heterocycles. The third-order valence-corrected chi connectivity index (χ3v) is 3.47. The Bertz CT molecular complexity index is 991. The van der Waals surface area contributed by atoms with Gasteiger partial charge in [0.25, 0.3) is 5.91 Å². The number of carbonyl (C=O) groups is 1. The summed E-state index contributed by atoms with van der Waals surface area (Å²) in [4.78, 5) is 24.0. The summed E-state index contributed by atoms with van der Waals surface area (Å²) in [5.74, 6) is -0.357.